The van der Waals surface area contributed by atoms with E-state index in [1.165, 1.54) is 45.0 Å². The van der Waals surface area contributed by atoms with E-state index in [2.05, 4.69) is 76.4 Å². The minimum atomic E-state index is 0.467. The van der Waals surface area contributed by atoms with Crippen LogP contribution in [0.1, 0.15) is 51.7 Å². The summed E-state index contributed by atoms with van der Waals surface area (Å²) in [6.07, 6.45) is 6.81. The van der Waals surface area contributed by atoms with E-state index in [4.69, 9.17) is 4.99 Å². The fourth-order valence-corrected chi connectivity index (χ4v) is 3.66. The van der Waals surface area contributed by atoms with Gasteiger partial charge in [0.1, 0.15) is 0 Å². The van der Waals surface area contributed by atoms with Crippen molar-refractivity contribution in [2.45, 2.75) is 40.5 Å². The Morgan fingerprint density at radius 3 is 2.58 bits per heavy atom. The molecule has 24 heavy (non-hydrogen) atoms. The first-order valence-electron chi connectivity index (χ1n) is 9.05. The average Bonchev–Trinajstić information content (AvgIpc) is 2.84. The predicted octanol–water partition coefficient (Wildman–Crippen LogP) is 6.43. The number of allylic oxidation sites excluding steroid dienone is 4. The molecule has 1 unspecified atom stereocenters. The third-order valence-electron chi connectivity index (χ3n) is 5.07. The zero-order chi connectivity index (χ0) is 17.1. The summed E-state index contributed by atoms with van der Waals surface area (Å²) in [5, 5.41) is 2.58. The molecule has 0 bridgehead atoms. The maximum absolute atomic E-state index is 4.72. The second-order valence-electron chi connectivity index (χ2n) is 6.81. The highest BCUT2D eigenvalue weighted by atomic mass is 14.7. The molecule has 0 heterocycles. The SMILES string of the molecule is CCCCN=Cc1c(C2=C(C)C(C)=CC2C)ccc2ccccc12. The molecule has 0 saturated carbocycles. The van der Waals surface area contributed by atoms with Crippen molar-refractivity contribution < 1.29 is 0 Å². The molecule has 0 aliphatic heterocycles. The molecule has 124 valence electrons. The smallest absolute Gasteiger partial charge is 0.0389 e. The number of fused-ring (bicyclic) bond motifs is 1. The average molecular weight is 317 g/mol. The van der Waals surface area contributed by atoms with Gasteiger partial charge in [-0.05, 0) is 47.8 Å². The molecular formula is C23H27N. The second kappa shape index (κ2) is 7.17. The van der Waals surface area contributed by atoms with Crippen LogP contribution in [0.25, 0.3) is 16.3 Å². The Bertz CT molecular complexity index is 836. The van der Waals surface area contributed by atoms with Crippen LogP contribution in [0.3, 0.4) is 0 Å². The topological polar surface area (TPSA) is 12.4 Å². The fraction of sp³-hybridized carbons (Fsp3) is 0.348. The van der Waals surface area contributed by atoms with Gasteiger partial charge in [0.25, 0.3) is 0 Å². The van der Waals surface area contributed by atoms with Gasteiger partial charge in [0, 0.05) is 24.2 Å². The van der Waals surface area contributed by atoms with Crippen molar-refractivity contribution in [3.05, 3.63) is 64.7 Å². The quantitative estimate of drug-likeness (QED) is 0.445. The highest BCUT2D eigenvalue weighted by molar-refractivity contribution is 6.05. The molecule has 0 fully saturated rings. The molecule has 0 saturated heterocycles. The summed E-state index contributed by atoms with van der Waals surface area (Å²) in [7, 11) is 0. The summed E-state index contributed by atoms with van der Waals surface area (Å²) in [4.78, 5) is 4.72. The minimum absolute atomic E-state index is 0.467. The van der Waals surface area contributed by atoms with Crippen molar-refractivity contribution in [2.75, 3.05) is 6.54 Å². The number of unbranched alkanes of at least 4 members (excludes halogenated alkanes) is 1. The molecule has 3 rings (SSSR count). The summed E-state index contributed by atoms with van der Waals surface area (Å²) in [6.45, 7) is 9.88. The molecule has 1 nitrogen and oxygen atoms in total. The first-order valence-corrected chi connectivity index (χ1v) is 9.05. The summed E-state index contributed by atoms with van der Waals surface area (Å²) in [5.74, 6) is 0.467. The standard InChI is InChI=1S/C23H27N/c1-5-6-13-24-15-22-20-10-8-7-9-19(20)11-12-21(22)23-17(3)14-16(2)18(23)4/h7-12,14-15,17H,5-6,13H2,1-4H3. The van der Waals surface area contributed by atoms with Gasteiger partial charge in [-0.2, -0.15) is 0 Å². The Morgan fingerprint density at radius 2 is 1.88 bits per heavy atom. The van der Waals surface area contributed by atoms with Crippen molar-refractivity contribution in [2.24, 2.45) is 10.9 Å². The van der Waals surface area contributed by atoms with Gasteiger partial charge >= 0.3 is 0 Å². The Balaban J connectivity index is 2.16. The summed E-state index contributed by atoms with van der Waals surface area (Å²) in [6, 6.07) is 13.2. The van der Waals surface area contributed by atoms with Crippen LogP contribution < -0.4 is 0 Å². The van der Waals surface area contributed by atoms with E-state index in [1.54, 1.807) is 0 Å². The van der Waals surface area contributed by atoms with Gasteiger partial charge in [-0.15, -0.1) is 0 Å². The van der Waals surface area contributed by atoms with Crippen molar-refractivity contribution >= 4 is 22.6 Å². The van der Waals surface area contributed by atoms with E-state index in [0.29, 0.717) is 5.92 Å². The molecule has 1 heteroatoms. The van der Waals surface area contributed by atoms with Crippen molar-refractivity contribution in [1.82, 2.24) is 0 Å². The van der Waals surface area contributed by atoms with Crippen LogP contribution >= 0.6 is 0 Å². The van der Waals surface area contributed by atoms with E-state index < -0.39 is 0 Å². The van der Waals surface area contributed by atoms with E-state index in [0.717, 1.165) is 13.0 Å². The highest BCUT2D eigenvalue weighted by Crippen LogP contribution is 2.40. The van der Waals surface area contributed by atoms with Gasteiger partial charge in [-0.3, -0.25) is 4.99 Å². The van der Waals surface area contributed by atoms with Crippen LogP contribution in [-0.4, -0.2) is 12.8 Å². The van der Waals surface area contributed by atoms with Gasteiger partial charge in [0.2, 0.25) is 0 Å². The Hall–Kier alpha value is -2.15. The molecule has 1 aliphatic carbocycles. The molecule has 0 amide bonds. The molecule has 1 atom stereocenters. The van der Waals surface area contributed by atoms with E-state index >= 15 is 0 Å². The van der Waals surface area contributed by atoms with Crippen molar-refractivity contribution in [3.8, 4) is 0 Å². The van der Waals surface area contributed by atoms with Crippen molar-refractivity contribution in [1.29, 1.82) is 0 Å². The lowest BCUT2D eigenvalue weighted by atomic mass is 9.88. The number of aliphatic imine (C=N–C) groups is 1. The van der Waals surface area contributed by atoms with E-state index in [1.807, 2.05) is 0 Å². The molecule has 0 radical (unpaired) electrons. The van der Waals surface area contributed by atoms with Crippen LogP contribution in [0.2, 0.25) is 0 Å². The predicted molar refractivity (Wildman–Crippen MR) is 107 cm³/mol. The Morgan fingerprint density at radius 1 is 1.08 bits per heavy atom. The molecule has 2 aromatic carbocycles. The third-order valence-corrected chi connectivity index (χ3v) is 5.07. The largest absolute Gasteiger partial charge is 0.293 e. The summed E-state index contributed by atoms with van der Waals surface area (Å²) < 4.78 is 0. The highest BCUT2D eigenvalue weighted by Gasteiger charge is 2.22. The third kappa shape index (κ3) is 3.08. The molecule has 0 spiro atoms. The maximum atomic E-state index is 4.72. The van der Waals surface area contributed by atoms with E-state index in [9.17, 15) is 0 Å². The molecular weight excluding hydrogens is 290 g/mol. The molecule has 0 N–H and O–H groups in total. The maximum Gasteiger partial charge on any atom is 0.0389 e. The van der Waals surface area contributed by atoms with Gasteiger partial charge in [-0.25, -0.2) is 0 Å². The molecule has 2 aromatic rings. The van der Waals surface area contributed by atoms with E-state index in [-0.39, 0.29) is 0 Å². The van der Waals surface area contributed by atoms with Gasteiger partial charge < -0.3 is 0 Å². The number of nitrogens with zero attached hydrogens (tertiary/aromatic N) is 1. The molecule has 1 aliphatic rings. The van der Waals surface area contributed by atoms with Crippen LogP contribution in [0.5, 0.6) is 0 Å². The normalized spacial score (nSPS) is 18.0. The lowest BCUT2D eigenvalue weighted by molar-refractivity contribution is 0.810. The molecule has 0 aromatic heterocycles. The fourth-order valence-electron chi connectivity index (χ4n) is 3.66. The number of hydrogen-bond donors (Lipinski definition) is 0. The Labute approximate surface area is 145 Å². The van der Waals surface area contributed by atoms with Gasteiger partial charge in [-0.1, -0.05) is 68.3 Å². The van der Waals surface area contributed by atoms with Crippen LogP contribution in [0, 0.1) is 5.92 Å². The first kappa shape index (κ1) is 16.7. The monoisotopic (exact) mass is 317 g/mol. The lowest BCUT2D eigenvalue weighted by Crippen LogP contribution is -2.00. The minimum Gasteiger partial charge on any atom is -0.293 e. The first-order chi connectivity index (χ1) is 11.6. The van der Waals surface area contributed by atoms with Crippen molar-refractivity contribution in [3.63, 3.8) is 0 Å². The van der Waals surface area contributed by atoms with Gasteiger partial charge in [0.15, 0.2) is 0 Å². The van der Waals surface area contributed by atoms with Crippen LogP contribution in [-0.2, 0) is 0 Å². The number of rotatable bonds is 5. The summed E-state index contributed by atoms with van der Waals surface area (Å²) in [5.41, 5.74) is 6.89. The number of hydrogen-bond acceptors (Lipinski definition) is 1. The zero-order valence-electron chi connectivity index (χ0n) is 15.3. The lowest BCUT2D eigenvalue weighted by Gasteiger charge is -2.16. The summed E-state index contributed by atoms with van der Waals surface area (Å²) >= 11 is 0. The van der Waals surface area contributed by atoms with Crippen LogP contribution in [0.4, 0.5) is 0 Å². The number of benzene rings is 2. The zero-order valence-corrected chi connectivity index (χ0v) is 15.3. The second-order valence-corrected chi connectivity index (χ2v) is 6.81. The van der Waals surface area contributed by atoms with Crippen LogP contribution in [0.15, 0.2) is 58.6 Å². The van der Waals surface area contributed by atoms with Gasteiger partial charge in [0.05, 0.1) is 0 Å². The Kier molecular flexibility index (Phi) is 4.99.